The standard InChI is InChI=1S/C14H16BrN3O3/c1-18(9-14(19)16-13-5-6-21-17-13)8-10-7-11(15)3-4-12(10)20-2/h3-7H,8-9H2,1-2H3,(H,16,17,19). The minimum atomic E-state index is -0.152. The molecule has 7 heteroatoms. The second-order valence-corrected chi connectivity index (χ2v) is 5.48. The average molecular weight is 354 g/mol. The zero-order chi connectivity index (χ0) is 15.2. The lowest BCUT2D eigenvalue weighted by Crippen LogP contribution is -2.30. The highest BCUT2D eigenvalue weighted by Gasteiger charge is 2.11. The first kappa shape index (κ1) is 15.5. The van der Waals surface area contributed by atoms with E-state index >= 15 is 0 Å². The van der Waals surface area contributed by atoms with Gasteiger partial charge in [-0.2, -0.15) is 0 Å². The lowest BCUT2D eigenvalue weighted by molar-refractivity contribution is -0.117. The molecule has 0 saturated heterocycles. The van der Waals surface area contributed by atoms with Crippen LogP contribution in [-0.4, -0.2) is 36.7 Å². The van der Waals surface area contributed by atoms with Gasteiger partial charge in [0.15, 0.2) is 5.82 Å². The van der Waals surface area contributed by atoms with Crippen LogP contribution in [0.1, 0.15) is 5.56 Å². The zero-order valence-corrected chi connectivity index (χ0v) is 13.4. The Kier molecular flexibility index (Phi) is 5.35. The maximum atomic E-state index is 11.9. The van der Waals surface area contributed by atoms with Gasteiger partial charge in [0.25, 0.3) is 0 Å². The van der Waals surface area contributed by atoms with E-state index in [0.717, 1.165) is 15.8 Å². The van der Waals surface area contributed by atoms with Crippen molar-refractivity contribution < 1.29 is 14.1 Å². The van der Waals surface area contributed by atoms with Gasteiger partial charge in [-0.05, 0) is 25.2 Å². The molecule has 0 aliphatic carbocycles. The number of methoxy groups -OCH3 is 1. The molecule has 6 nitrogen and oxygen atoms in total. The Labute approximate surface area is 131 Å². The summed E-state index contributed by atoms with van der Waals surface area (Å²) in [6.45, 7) is 0.831. The van der Waals surface area contributed by atoms with Gasteiger partial charge in [-0.1, -0.05) is 21.1 Å². The van der Waals surface area contributed by atoms with E-state index in [0.29, 0.717) is 12.4 Å². The largest absolute Gasteiger partial charge is 0.496 e. The van der Waals surface area contributed by atoms with Crippen molar-refractivity contribution in [2.45, 2.75) is 6.54 Å². The molecule has 21 heavy (non-hydrogen) atoms. The number of nitrogens with zero attached hydrogens (tertiary/aromatic N) is 2. The molecular formula is C14H16BrN3O3. The Hall–Kier alpha value is -1.86. The average Bonchev–Trinajstić information content (AvgIpc) is 2.91. The van der Waals surface area contributed by atoms with Gasteiger partial charge in [0.1, 0.15) is 12.0 Å². The van der Waals surface area contributed by atoms with Gasteiger partial charge in [0.05, 0.1) is 13.7 Å². The minimum absolute atomic E-state index is 0.152. The summed E-state index contributed by atoms with van der Waals surface area (Å²) in [5.74, 6) is 1.05. The second kappa shape index (κ2) is 7.24. The van der Waals surface area contributed by atoms with E-state index in [4.69, 9.17) is 4.74 Å². The molecule has 1 aromatic carbocycles. The SMILES string of the molecule is COc1ccc(Br)cc1CN(C)CC(=O)Nc1ccon1. The Morgan fingerprint density at radius 2 is 2.29 bits per heavy atom. The summed E-state index contributed by atoms with van der Waals surface area (Å²) >= 11 is 3.43. The monoisotopic (exact) mass is 353 g/mol. The van der Waals surface area contributed by atoms with E-state index in [1.807, 2.05) is 30.1 Å². The Morgan fingerprint density at radius 3 is 2.95 bits per heavy atom. The highest BCUT2D eigenvalue weighted by atomic mass is 79.9. The normalized spacial score (nSPS) is 10.7. The van der Waals surface area contributed by atoms with Crippen LogP contribution in [0.15, 0.2) is 39.5 Å². The molecule has 1 amide bonds. The Balaban J connectivity index is 1.93. The quantitative estimate of drug-likeness (QED) is 0.864. The van der Waals surface area contributed by atoms with Crippen LogP contribution in [0, 0.1) is 0 Å². The predicted octanol–water partition coefficient (Wildman–Crippen LogP) is 2.52. The zero-order valence-electron chi connectivity index (χ0n) is 11.8. The number of halogens is 1. The first-order valence-electron chi connectivity index (χ1n) is 6.29. The van der Waals surface area contributed by atoms with E-state index in [1.165, 1.54) is 6.26 Å². The maximum absolute atomic E-state index is 11.9. The van der Waals surface area contributed by atoms with Gasteiger partial charge in [0.2, 0.25) is 5.91 Å². The number of carbonyl (C=O) groups excluding carboxylic acids is 1. The van der Waals surface area contributed by atoms with Gasteiger partial charge in [0, 0.05) is 22.6 Å². The molecule has 0 atom stereocenters. The van der Waals surface area contributed by atoms with Crippen molar-refractivity contribution >= 4 is 27.7 Å². The molecule has 0 radical (unpaired) electrons. The van der Waals surface area contributed by atoms with Crippen LogP contribution >= 0.6 is 15.9 Å². The molecule has 0 aliphatic heterocycles. The lowest BCUT2D eigenvalue weighted by atomic mass is 10.2. The third-order valence-electron chi connectivity index (χ3n) is 2.80. The number of rotatable bonds is 6. The Bertz CT molecular complexity index is 602. The van der Waals surface area contributed by atoms with Crippen LogP contribution in [0.3, 0.4) is 0 Å². The van der Waals surface area contributed by atoms with Crippen LogP contribution in [-0.2, 0) is 11.3 Å². The number of hydrogen-bond donors (Lipinski definition) is 1. The summed E-state index contributed by atoms with van der Waals surface area (Å²) in [4.78, 5) is 13.7. The maximum Gasteiger partial charge on any atom is 0.239 e. The molecule has 112 valence electrons. The van der Waals surface area contributed by atoms with Crippen LogP contribution in [0.25, 0.3) is 0 Å². The fraction of sp³-hybridized carbons (Fsp3) is 0.286. The number of ether oxygens (including phenoxy) is 1. The lowest BCUT2D eigenvalue weighted by Gasteiger charge is -2.18. The second-order valence-electron chi connectivity index (χ2n) is 4.56. The number of benzene rings is 1. The molecular weight excluding hydrogens is 338 g/mol. The fourth-order valence-electron chi connectivity index (χ4n) is 1.92. The summed E-state index contributed by atoms with van der Waals surface area (Å²) in [6, 6.07) is 7.38. The molecule has 1 N–H and O–H groups in total. The molecule has 1 heterocycles. The number of carbonyl (C=O) groups is 1. The number of hydrogen-bond acceptors (Lipinski definition) is 5. The van der Waals surface area contributed by atoms with Gasteiger partial charge in [-0.25, -0.2) is 0 Å². The third-order valence-corrected chi connectivity index (χ3v) is 3.29. The predicted molar refractivity (Wildman–Crippen MR) is 82.2 cm³/mol. The third kappa shape index (κ3) is 4.57. The molecule has 0 bridgehead atoms. The summed E-state index contributed by atoms with van der Waals surface area (Å²) < 4.78 is 11.0. The van der Waals surface area contributed by atoms with E-state index in [9.17, 15) is 4.79 Å². The number of amides is 1. The topological polar surface area (TPSA) is 67.6 Å². The van der Waals surface area contributed by atoms with Crippen LogP contribution < -0.4 is 10.1 Å². The van der Waals surface area contributed by atoms with Crippen molar-refractivity contribution in [3.63, 3.8) is 0 Å². The fourth-order valence-corrected chi connectivity index (χ4v) is 2.33. The number of aromatic nitrogens is 1. The highest BCUT2D eigenvalue weighted by Crippen LogP contribution is 2.23. The smallest absolute Gasteiger partial charge is 0.239 e. The van der Waals surface area contributed by atoms with Gasteiger partial charge >= 0.3 is 0 Å². The van der Waals surface area contributed by atoms with Crippen molar-refractivity contribution in [2.75, 3.05) is 26.0 Å². The molecule has 0 spiro atoms. The summed E-state index contributed by atoms with van der Waals surface area (Å²) in [7, 11) is 3.49. The minimum Gasteiger partial charge on any atom is -0.496 e. The Morgan fingerprint density at radius 1 is 1.48 bits per heavy atom. The molecule has 2 rings (SSSR count). The van der Waals surface area contributed by atoms with Crippen molar-refractivity contribution in [3.8, 4) is 5.75 Å². The van der Waals surface area contributed by atoms with Crippen LogP contribution in [0.5, 0.6) is 5.75 Å². The molecule has 0 unspecified atom stereocenters. The van der Waals surface area contributed by atoms with Crippen molar-refractivity contribution in [2.24, 2.45) is 0 Å². The number of anilines is 1. The highest BCUT2D eigenvalue weighted by molar-refractivity contribution is 9.10. The van der Waals surface area contributed by atoms with Crippen molar-refractivity contribution in [1.82, 2.24) is 10.1 Å². The van der Waals surface area contributed by atoms with Crippen molar-refractivity contribution in [3.05, 3.63) is 40.6 Å². The van der Waals surface area contributed by atoms with E-state index in [1.54, 1.807) is 13.2 Å². The number of nitrogens with one attached hydrogen (secondary N) is 1. The van der Waals surface area contributed by atoms with E-state index < -0.39 is 0 Å². The van der Waals surface area contributed by atoms with Gasteiger partial charge < -0.3 is 14.6 Å². The first-order valence-corrected chi connectivity index (χ1v) is 7.09. The molecule has 0 fully saturated rings. The first-order chi connectivity index (χ1) is 10.1. The summed E-state index contributed by atoms with van der Waals surface area (Å²) in [6.07, 6.45) is 1.41. The molecule has 0 saturated carbocycles. The van der Waals surface area contributed by atoms with Crippen LogP contribution in [0.2, 0.25) is 0 Å². The van der Waals surface area contributed by atoms with E-state index in [-0.39, 0.29) is 12.5 Å². The number of likely N-dealkylation sites (N-methyl/N-ethyl adjacent to an activating group) is 1. The summed E-state index contributed by atoms with van der Waals surface area (Å²) in [5.41, 5.74) is 1.00. The molecule has 2 aromatic rings. The van der Waals surface area contributed by atoms with Crippen molar-refractivity contribution in [1.29, 1.82) is 0 Å². The molecule has 1 aromatic heterocycles. The summed E-state index contributed by atoms with van der Waals surface area (Å²) in [5, 5.41) is 6.29. The molecule has 0 aliphatic rings. The van der Waals surface area contributed by atoms with Gasteiger partial charge in [-0.3, -0.25) is 9.69 Å². The van der Waals surface area contributed by atoms with Gasteiger partial charge in [-0.15, -0.1) is 0 Å². The van der Waals surface area contributed by atoms with Crippen LogP contribution in [0.4, 0.5) is 5.82 Å². The van der Waals surface area contributed by atoms with E-state index in [2.05, 4.69) is 30.9 Å².